The number of hydrogen-bond donors (Lipinski definition) is 2. The van der Waals surface area contributed by atoms with Crippen LogP contribution >= 0.6 is 0 Å². The van der Waals surface area contributed by atoms with E-state index in [9.17, 15) is 9.59 Å². The number of benzene rings is 1. The molecule has 9 nitrogen and oxygen atoms in total. The van der Waals surface area contributed by atoms with Crippen molar-refractivity contribution in [1.82, 2.24) is 5.32 Å². The number of amides is 2. The second kappa shape index (κ2) is 11.6. The second-order valence-corrected chi connectivity index (χ2v) is 7.94. The molecule has 1 fully saturated rings. The van der Waals surface area contributed by atoms with Crippen molar-refractivity contribution < 1.29 is 28.2 Å². The van der Waals surface area contributed by atoms with Crippen molar-refractivity contribution in [3.8, 4) is 11.5 Å². The number of morpholine rings is 1. The van der Waals surface area contributed by atoms with Crippen LogP contribution < -0.4 is 25.0 Å². The van der Waals surface area contributed by atoms with Crippen molar-refractivity contribution in [1.29, 1.82) is 0 Å². The van der Waals surface area contributed by atoms with Crippen molar-refractivity contribution in [2.24, 2.45) is 5.92 Å². The van der Waals surface area contributed by atoms with Gasteiger partial charge in [0.25, 0.3) is 5.91 Å². The van der Waals surface area contributed by atoms with Gasteiger partial charge in [0, 0.05) is 25.2 Å². The molecule has 0 spiro atoms. The molecule has 2 amide bonds. The molecule has 1 saturated heterocycles. The molecule has 0 saturated carbocycles. The van der Waals surface area contributed by atoms with Crippen molar-refractivity contribution in [2.45, 2.75) is 33.7 Å². The Morgan fingerprint density at radius 2 is 1.79 bits per heavy atom. The lowest BCUT2D eigenvalue weighted by molar-refractivity contribution is -0.118. The van der Waals surface area contributed by atoms with Crippen LogP contribution in [-0.2, 0) is 9.53 Å². The SMILES string of the molecule is CCOc1cc(N2CCOCC2)c(OCC)cc1NC(=O)[C@@H](NC(=O)c1ccco1)C(C)C. The predicted octanol–water partition coefficient (Wildman–Crippen LogP) is 3.31. The van der Waals surface area contributed by atoms with Gasteiger partial charge in [-0.2, -0.15) is 0 Å². The maximum atomic E-state index is 13.2. The number of rotatable bonds is 10. The Labute approximate surface area is 194 Å². The zero-order valence-corrected chi connectivity index (χ0v) is 19.7. The second-order valence-electron chi connectivity index (χ2n) is 7.94. The first-order valence-corrected chi connectivity index (χ1v) is 11.4. The van der Waals surface area contributed by atoms with E-state index in [0.29, 0.717) is 43.6 Å². The van der Waals surface area contributed by atoms with E-state index in [1.165, 1.54) is 6.26 Å². The van der Waals surface area contributed by atoms with Gasteiger partial charge in [-0.1, -0.05) is 13.8 Å². The highest BCUT2D eigenvalue weighted by atomic mass is 16.5. The number of hydrogen-bond acceptors (Lipinski definition) is 7. The van der Waals surface area contributed by atoms with Crippen LogP contribution in [0.1, 0.15) is 38.2 Å². The summed E-state index contributed by atoms with van der Waals surface area (Å²) >= 11 is 0. The quantitative estimate of drug-likeness (QED) is 0.562. The van der Waals surface area contributed by atoms with Gasteiger partial charge in [-0.15, -0.1) is 0 Å². The molecule has 180 valence electrons. The minimum Gasteiger partial charge on any atom is -0.492 e. The third-order valence-electron chi connectivity index (χ3n) is 5.25. The van der Waals surface area contributed by atoms with Crippen LogP contribution in [0.25, 0.3) is 0 Å². The monoisotopic (exact) mass is 459 g/mol. The summed E-state index contributed by atoms with van der Waals surface area (Å²) in [6.07, 6.45) is 1.42. The molecular weight excluding hydrogens is 426 g/mol. The summed E-state index contributed by atoms with van der Waals surface area (Å²) in [6, 6.07) is 6.08. The molecule has 0 aliphatic carbocycles. The Morgan fingerprint density at radius 1 is 1.09 bits per heavy atom. The van der Waals surface area contributed by atoms with Crippen LogP contribution in [0.5, 0.6) is 11.5 Å². The van der Waals surface area contributed by atoms with Gasteiger partial charge >= 0.3 is 0 Å². The molecule has 9 heteroatoms. The summed E-state index contributed by atoms with van der Waals surface area (Å²) in [6.45, 7) is 11.2. The van der Waals surface area contributed by atoms with E-state index in [2.05, 4.69) is 15.5 Å². The normalized spacial score (nSPS) is 14.6. The lowest BCUT2D eigenvalue weighted by atomic mass is 10.0. The summed E-state index contributed by atoms with van der Waals surface area (Å²) < 4.78 is 22.4. The lowest BCUT2D eigenvalue weighted by Crippen LogP contribution is -2.47. The minimum absolute atomic E-state index is 0.150. The van der Waals surface area contributed by atoms with Gasteiger partial charge in [0.2, 0.25) is 5.91 Å². The molecule has 1 atom stereocenters. The summed E-state index contributed by atoms with van der Waals surface area (Å²) in [5, 5.41) is 5.68. The molecule has 33 heavy (non-hydrogen) atoms. The molecule has 0 unspecified atom stereocenters. The van der Waals surface area contributed by atoms with Crippen LogP contribution in [0.4, 0.5) is 11.4 Å². The zero-order valence-electron chi connectivity index (χ0n) is 19.7. The molecule has 0 bridgehead atoms. The Morgan fingerprint density at radius 3 is 2.39 bits per heavy atom. The maximum absolute atomic E-state index is 13.2. The van der Waals surface area contributed by atoms with Gasteiger partial charge in [-0.25, -0.2) is 0 Å². The highest BCUT2D eigenvalue weighted by molar-refractivity contribution is 6.01. The van der Waals surface area contributed by atoms with Crippen LogP contribution in [-0.4, -0.2) is 57.4 Å². The topological polar surface area (TPSA) is 102 Å². The average molecular weight is 460 g/mol. The van der Waals surface area contributed by atoms with E-state index in [1.54, 1.807) is 18.2 Å². The molecule has 2 aromatic rings. The largest absolute Gasteiger partial charge is 0.492 e. The van der Waals surface area contributed by atoms with E-state index in [4.69, 9.17) is 18.6 Å². The Balaban J connectivity index is 1.86. The smallest absolute Gasteiger partial charge is 0.287 e. The number of nitrogens with zero attached hydrogens (tertiary/aromatic N) is 1. The lowest BCUT2D eigenvalue weighted by Gasteiger charge is -2.31. The van der Waals surface area contributed by atoms with Crippen molar-refractivity contribution >= 4 is 23.2 Å². The molecule has 1 aromatic heterocycles. The number of furan rings is 1. The highest BCUT2D eigenvalue weighted by Gasteiger charge is 2.27. The molecule has 1 aliphatic rings. The molecule has 2 heterocycles. The third kappa shape index (κ3) is 6.19. The van der Waals surface area contributed by atoms with Gasteiger partial charge in [-0.05, 0) is 31.9 Å². The van der Waals surface area contributed by atoms with E-state index in [0.717, 1.165) is 18.8 Å². The summed E-state index contributed by atoms with van der Waals surface area (Å²) in [5.41, 5.74) is 1.38. The highest BCUT2D eigenvalue weighted by Crippen LogP contribution is 2.39. The fourth-order valence-corrected chi connectivity index (χ4v) is 3.61. The summed E-state index contributed by atoms with van der Waals surface area (Å²) in [5.74, 6) is 0.383. The zero-order chi connectivity index (χ0) is 23.8. The molecule has 0 radical (unpaired) electrons. The molecule has 1 aliphatic heterocycles. The number of carbonyl (C=O) groups excluding carboxylic acids is 2. The number of anilines is 2. The Hall–Kier alpha value is -3.20. The standard InChI is InChI=1S/C24H33N3O6/c1-5-31-20-15-18(27-9-12-30-13-10-27)21(32-6-2)14-17(20)25-24(29)22(16(3)4)26-23(28)19-8-7-11-33-19/h7-8,11,14-16,22H,5-6,9-10,12-13H2,1-4H3,(H,25,29)(H,26,28)/t22-/m0/s1. The predicted molar refractivity (Wildman–Crippen MR) is 125 cm³/mol. The van der Waals surface area contributed by atoms with E-state index < -0.39 is 11.9 Å². The third-order valence-corrected chi connectivity index (χ3v) is 5.25. The van der Waals surface area contributed by atoms with Gasteiger partial charge < -0.3 is 34.2 Å². The van der Waals surface area contributed by atoms with E-state index >= 15 is 0 Å². The Bertz CT molecular complexity index is 923. The fourth-order valence-electron chi connectivity index (χ4n) is 3.61. The van der Waals surface area contributed by atoms with Crippen molar-refractivity contribution in [2.75, 3.05) is 49.7 Å². The van der Waals surface area contributed by atoms with Gasteiger partial charge in [0.15, 0.2) is 5.76 Å². The summed E-state index contributed by atoms with van der Waals surface area (Å²) in [4.78, 5) is 27.8. The summed E-state index contributed by atoms with van der Waals surface area (Å²) in [7, 11) is 0. The molecule has 2 N–H and O–H groups in total. The Kier molecular flexibility index (Phi) is 8.59. The minimum atomic E-state index is -0.772. The van der Waals surface area contributed by atoms with E-state index in [1.807, 2.05) is 33.8 Å². The average Bonchev–Trinajstić information content (AvgIpc) is 3.34. The van der Waals surface area contributed by atoms with Crippen molar-refractivity contribution in [3.63, 3.8) is 0 Å². The van der Waals surface area contributed by atoms with Crippen LogP contribution in [0.3, 0.4) is 0 Å². The van der Waals surface area contributed by atoms with Crippen molar-refractivity contribution in [3.05, 3.63) is 36.3 Å². The van der Waals surface area contributed by atoms with Crippen LogP contribution in [0, 0.1) is 5.92 Å². The first-order valence-electron chi connectivity index (χ1n) is 11.4. The first-order chi connectivity index (χ1) is 15.9. The van der Waals surface area contributed by atoms with Gasteiger partial charge in [0.1, 0.15) is 17.5 Å². The first kappa shape index (κ1) is 24.4. The number of carbonyl (C=O) groups is 2. The number of nitrogens with one attached hydrogen (secondary N) is 2. The van der Waals surface area contributed by atoms with Gasteiger partial charge in [-0.3, -0.25) is 9.59 Å². The fraction of sp³-hybridized carbons (Fsp3) is 0.500. The number of ether oxygens (including phenoxy) is 3. The molecular formula is C24H33N3O6. The van der Waals surface area contributed by atoms with Crippen LogP contribution in [0.15, 0.2) is 34.9 Å². The molecule has 3 rings (SSSR count). The van der Waals surface area contributed by atoms with Crippen LogP contribution in [0.2, 0.25) is 0 Å². The van der Waals surface area contributed by atoms with E-state index in [-0.39, 0.29) is 17.6 Å². The maximum Gasteiger partial charge on any atom is 0.287 e. The van der Waals surface area contributed by atoms with Gasteiger partial charge in [0.05, 0.1) is 44.1 Å². The molecule has 1 aromatic carbocycles.